The molecule has 0 aromatic heterocycles. The molecule has 0 heterocycles. The first-order chi connectivity index (χ1) is 8.69. The maximum Gasteiger partial charge on any atom is 0.310 e. The Morgan fingerprint density at radius 2 is 2.22 bits per heavy atom. The molecule has 2 N–H and O–H groups in total. The third-order valence-electron chi connectivity index (χ3n) is 2.41. The van der Waals surface area contributed by atoms with Gasteiger partial charge in [0.25, 0.3) is 0 Å². The maximum atomic E-state index is 10.8. The van der Waals surface area contributed by atoms with Crippen molar-refractivity contribution in [2.75, 3.05) is 20.3 Å². The Kier molecular flexibility index (Phi) is 6.10. The Hall–Kier alpha value is -1.66. The van der Waals surface area contributed by atoms with Crippen LogP contribution in [-0.2, 0) is 6.54 Å². The van der Waals surface area contributed by atoms with Crippen molar-refractivity contribution in [3.8, 4) is 5.75 Å². The molecular formula is C12H18N2O4. The van der Waals surface area contributed by atoms with Gasteiger partial charge in [0.05, 0.1) is 11.5 Å². The summed E-state index contributed by atoms with van der Waals surface area (Å²) in [5.41, 5.74) is 0.902. The minimum absolute atomic E-state index is 0.0288. The third-order valence-corrected chi connectivity index (χ3v) is 2.41. The van der Waals surface area contributed by atoms with Crippen LogP contribution in [-0.4, -0.2) is 30.3 Å². The number of unbranched alkanes of at least 4 members (excludes halogenated alkanes) is 1. The van der Waals surface area contributed by atoms with Gasteiger partial charge in [-0.05, 0) is 31.5 Å². The van der Waals surface area contributed by atoms with Crippen molar-refractivity contribution in [2.45, 2.75) is 19.4 Å². The molecule has 6 nitrogen and oxygen atoms in total. The number of nitrogens with zero attached hydrogens (tertiary/aromatic N) is 1. The molecule has 0 fully saturated rings. The summed E-state index contributed by atoms with van der Waals surface area (Å²) in [6.45, 7) is 1.10. The molecule has 0 aliphatic heterocycles. The number of aliphatic hydroxyl groups is 1. The molecule has 0 saturated carbocycles. The minimum atomic E-state index is -0.454. The molecule has 0 bridgehead atoms. The van der Waals surface area contributed by atoms with Crippen LogP contribution in [0.4, 0.5) is 5.69 Å². The van der Waals surface area contributed by atoms with Crippen LogP contribution in [0.3, 0.4) is 0 Å². The number of benzene rings is 1. The summed E-state index contributed by atoms with van der Waals surface area (Å²) in [4.78, 5) is 10.4. The van der Waals surface area contributed by atoms with E-state index in [1.54, 1.807) is 12.1 Å². The van der Waals surface area contributed by atoms with Crippen LogP contribution < -0.4 is 10.1 Å². The Morgan fingerprint density at radius 1 is 1.44 bits per heavy atom. The highest BCUT2D eigenvalue weighted by Crippen LogP contribution is 2.28. The Bertz CT molecular complexity index is 396. The van der Waals surface area contributed by atoms with E-state index < -0.39 is 4.92 Å². The van der Waals surface area contributed by atoms with Gasteiger partial charge in [-0.15, -0.1) is 0 Å². The molecule has 0 radical (unpaired) electrons. The largest absolute Gasteiger partial charge is 0.487 e. The van der Waals surface area contributed by atoms with Crippen LogP contribution in [0.25, 0.3) is 0 Å². The van der Waals surface area contributed by atoms with Crippen LogP contribution in [0.5, 0.6) is 5.75 Å². The maximum absolute atomic E-state index is 10.8. The predicted octanol–water partition coefficient (Wildman–Crippen LogP) is 1.47. The van der Waals surface area contributed by atoms with Crippen molar-refractivity contribution < 1.29 is 14.8 Å². The zero-order chi connectivity index (χ0) is 13.4. The fourth-order valence-corrected chi connectivity index (χ4v) is 1.54. The summed E-state index contributed by atoms with van der Waals surface area (Å²) >= 11 is 0. The lowest BCUT2D eigenvalue weighted by molar-refractivity contribution is -0.385. The molecule has 100 valence electrons. The van der Waals surface area contributed by atoms with E-state index in [4.69, 9.17) is 9.84 Å². The monoisotopic (exact) mass is 254 g/mol. The normalized spacial score (nSPS) is 10.3. The van der Waals surface area contributed by atoms with Crippen LogP contribution in [0, 0.1) is 10.1 Å². The van der Waals surface area contributed by atoms with E-state index in [0.29, 0.717) is 26.0 Å². The van der Waals surface area contributed by atoms with Gasteiger partial charge in [0, 0.05) is 19.2 Å². The summed E-state index contributed by atoms with van der Waals surface area (Å²) < 4.78 is 5.41. The highest BCUT2D eigenvalue weighted by molar-refractivity contribution is 5.48. The van der Waals surface area contributed by atoms with E-state index in [2.05, 4.69) is 5.32 Å². The van der Waals surface area contributed by atoms with E-state index >= 15 is 0 Å². The highest BCUT2D eigenvalue weighted by Gasteiger charge is 2.15. The van der Waals surface area contributed by atoms with Gasteiger partial charge in [-0.1, -0.05) is 6.07 Å². The van der Waals surface area contributed by atoms with E-state index in [0.717, 1.165) is 5.56 Å². The Morgan fingerprint density at radius 3 is 2.83 bits per heavy atom. The second-order valence-electron chi connectivity index (χ2n) is 3.87. The second-order valence-corrected chi connectivity index (χ2v) is 3.87. The molecule has 0 saturated heterocycles. The fourth-order valence-electron chi connectivity index (χ4n) is 1.54. The zero-order valence-electron chi connectivity index (χ0n) is 10.4. The number of nitro benzene ring substituents is 1. The van der Waals surface area contributed by atoms with Gasteiger partial charge in [0.2, 0.25) is 0 Å². The van der Waals surface area contributed by atoms with Gasteiger partial charge >= 0.3 is 5.69 Å². The number of nitro groups is 1. The van der Waals surface area contributed by atoms with E-state index in [-0.39, 0.29) is 18.0 Å². The van der Waals surface area contributed by atoms with Crippen molar-refractivity contribution in [3.05, 3.63) is 33.9 Å². The molecule has 6 heteroatoms. The first-order valence-electron chi connectivity index (χ1n) is 5.84. The fraction of sp³-hybridized carbons (Fsp3) is 0.500. The van der Waals surface area contributed by atoms with E-state index in [9.17, 15) is 10.1 Å². The first kappa shape index (κ1) is 14.4. The molecule has 1 rings (SSSR count). The van der Waals surface area contributed by atoms with Gasteiger partial charge in [-0.25, -0.2) is 0 Å². The lowest BCUT2D eigenvalue weighted by Gasteiger charge is -2.08. The summed E-state index contributed by atoms with van der Waals surface area (Å²) in [6.07, 6.45) is 1.30. The highest BCUT2D eigenvalue weighted by atomic mass is 16.6. The van der Waals surface area contributed by atoms with Crippen molar-refractivity contribution >= 4 is 5.69 Å². The van der Waals surface area contributed by atoms with Crippen molar-refractivity contribution in [1.29, 1.82) is 0 Å². The zero-order valence-corrected chi connectivity index (χ0v) is 10.4. The summed E-state index contributed by atoms with van der Waals surface area (Å²) in [6, 6.07) is 4.83. The number of ether oxygens (including phenoxy) is 1. The average molecular weight is 254 g/mol. The van der Waals surface area contributed by atoms with Gasteiger partial charge < -0.3 is 15.2 Å². The van der Waals surface area contributed by atoms with Crippen molar-refractivity contribution in [1.82, 2.24) is 5.32 Å². The molecule has 1 aromatic carbocycles. The standard InChI is InChI=1S/C12H18N2O4/c1-13-9-10-4-5-11(14(16)17)12(8-10)18-7-3-2-6-15/h4-5,8,13,15H,2-3,6-7,9H2,1H3. The topological polar surface area (TPSA) is 84.6 Å². The van der Waals surface area contributed by atoms with Crippen LogP contribution in [0.15, 0.2) is 18.2 Å². The predicted molar refractivity (Wildman–Crippen MR) is 67.7 cm³/mol. The Labute approximate surface area is 106 Å². The van der Waals surface area contributed by atoms with E-state index in [1.165, 1.54) is 6.07 Å². The number of nitrogens with one attached hydrogen (secondary N) is 1. The number of rotatable bonds is 8. The summed E-state index contributed by atoms with van der Waals surface area (Å²) in [5.74, 6) is 0.283. The third kappa shape index (κ3) is 4.31. The molecule has 0 unspecified atom stereocenters. The quantitative estimate of drug-likeness (QED) is 0.417. The van der Waals surface area contributed by atoms with Crippen LogP contribution in [0.1, 0.15) is 18.4 Å². The van der Waals surface area contributed by atoms with Crippen molar-refractivity contribution in [2.24, 2.45) is 0 Å². The van der Waals surface area contributed by atoms with Gasteiger partial charge in [0.1, 0.15) is 0 Å². The number of hydrogen-bond acceptors (Lipinski definition) is 5. The van der Waals surface area contributed by atoms with Gasteiger partial charge in [-0.3, -0.25) is 10.1 Å². The number of hydrogen-bond donors (Lipinski definition) is 2. The van der Waals surface area contributed by atoms with Crippen LogP contribution >= 0.6 is 0 Å². The SMILES string of the molecule is CNCc1ccc([N+](=O)[O-])c(OCCCCO)c1. The van der Waals surface area contributed by atoms with Gasteiger partial charge in [-0.2, -0.15) is 0 Å². The number of aliphatic hydroxyl groups excluding tert-OH is 1. The van der Waals surface area contributed by atoms with E-state index in [1.807, 2.05) is 7.05 Å². The average Bonchev–Trinajstić information content (AvgIpc) is 2.35. The molecule has 0 amide bonds. The van der Waals surface area contributed by atoms with Gasteiger partial charge in [0.15, 0.2) is 5.75 Å². The summed E-state index contributed by atoms with van der Waals surface area (Å²) in [7, 11) is 1.81. The molecule has 0 spiro atoms. The lowest BCUT2D eigenvalue weighted by atomic mass is 10.2. The van der Waals surface area contributed by atoms with Crippen LogP contribution in [0.2, 0.25) is 0 Å². The smallest absolute Gasteiger partial charge is 0.310 e. The molecule has 1 aromatic rings. The second kappa shape index (κ2) is 7.62. The molecule has 0 aliphatic rings. The molecule has 0 atom stereocenters. The molecule has 0 aliphatic carbocycles. The summed E-state index contributed by atoms with van der Waals surface area (Å²) in [5, 5.41) is 22.5. The Balaban J connectivity index is 2.76. The molecule has 18 heavy (non-hydrogen) atoms. The van der Waals surface area contributed by atoms with Crippen molar-refractivity contribution in [3.63, 3.8) is 0 Å². The first-order valence-corrected chi connectivity index (χ1v) is 5.84. The minimum Gasteiger partial charge on any atom is -0.487 e. The lowest BCUT2D eigenvalue weighted by Crippen LogP contribution is -2.07. The molecular weight excluding hydrogens is 236 g/mol.